The Labute approximate surface area is 148 Å². The molecule has 25 heavy (non-hydrogen) atoms. The number of carbonyl (C=O) groups is 2. The number of ketones is 1. The van der Waals surface area contributed by atoms with Gasteiger partial charge >= 0.3 is 5.97 Å². The molecule has 0 amide bonds. The average Bonchev–Trinajstić information content (AvgIpc) is 2.58. The maximum Gasteiger partial charge on any atom is 0.308 e. The van der Waals surface area contributed by atoms with Gasteiger partial charge in [-0.3, -0.25) is 9.59 Å². The van der Waals surface area contributed by atoms with Crippen molar-refractivity contribution in [1.82, 2.24) is 0 Å². The Balaban J connectivity index is 2.06. The van der Waals surface area contributed by atoms with Crippen LogP contribution in [-0.2, 0) is 16.0 Å². The number of methoxy groups -OCH3 is 1. The molecule has 0 spiro atoms. The highest BCUT2D eigenvalue weighted by Crippen LogP contribution is 2.29. The molecule has 0 aliphatic rings. The fourth-order valence-electron chi connectivity index (χ4n) is 2.51. The number of ether oxygens (including phenoxy) is 2. The summed E-state index contributed by atoms with van der Waals surface area (Å²) in [5.41, 5.74) is 3.34. The van der Waals surface area contributed by atoms with Crippen molar-refractivity contribution in [1.29, 1.82) is 0 Å². The molecule has 4 heteroatoms. The van der Waals surface area contributed by atoms with Gasteiger partial charge in [0.2, 0.25) is 0 Å². The first kappa shape index (κ1) is 18.5. The number of rotatable bonds is 7. The summed E-state index contributed by atoms with van der Waals surface area (Å²) in [6.07, 6.45) is 0.862. The summed E-state index contributed by atoms with van der Waals surface area (Å²) in [5.74, 6) is 0.418. The lowest BCUT2D eigenvalue weighted by Gasteiger charge is -2.10. The maximum atomic E-state index is 12.4. The average molecular weight is 338 g/mol. The van der Waals surface area contributed by atoms with E-state index in [0.29, 0.717) is 29.9 Å². The van der Waals surface area contributed by atoms with Crippen LogP contribution in [0.4, 0.5) is 0 Å². The number of hydrogen-bond acceptors (Lipinski definition) is 4. The van der Waals surface area contributed by atoms with E-state index in [2.05, 4.69) is 6.58 Å². The lowest BCUT2D eigenvalue weighted by molar-refractivity contribution is -0.132. The summed E-state index contributed by atoms with van der Waals surface area (Å²) < 4.78 is 10.3. The van der Waals surface area contributed by atoms with Crippen molar-refractivity contribution in [2.75, 3.05) is 7.11 Å². The van der Waals surface area contributed by atoms with Gasteiger partial charge in [0.15, 0.2) is 17.3 Å². The lowest BCUT2D eigenvalue weighted by atomic mass is 9.97. The molecule has 0 fully saturated rings. The van der Waals surface area contributed by atoms with Crippen LogP contribution in [0.5, 0.6) is 11.5 Å². The Morgan fingerprint density at radius 1 is 1.08 bits per heavy atom. The quantitative estimate of drug-likeness (QED) is 0.432. The molecule has 0 aromatic heterocycles. The van der Waals surface area contributed by atoms with Crippen molar-refractivity contribution < 1.29 is 19.1 Å². The van der Waals surface area contributed by atoms with E-state index in [1.807, 2.05) is 37.3 Å². The number of hydrogen-bond donors (Lipinski definition) is 0. The smallest absolute Gasteiger partial charge is 0.308 e. The topological polar surface area (TPSA) is 52.6 Å². The SMILES string of the molecule is C=C(C(=O)CCc1ccc(OC)c(OC(C)=O)c1)c1cccc(C)c1. The number of allylic oxidation sites excluding steroid dienone is 1. The lowest BCUT2D eigenvalue weighted by Crippen LogP contribution is -2.05. The predicted molar refractivity (Wildman–Crippen MR) is 97.8 cm³/mol. The van der Waals surface area contributed by atoms with Crippen LogP contribution in [0.15, 0.2) is 49.0 Å². The van der Waals surface area contributed by atoms with Gasteiger partial charge in [0, 0.05) is 18.9 Å². The third-order valence-corrected chi connectivity index (χ3v) is 3.83. The molecule has 4 nitrogen and oxygen atoms in total. The van der Waals surface area contributed by atoms with Gasteiger partial charge < -0.3 is 9.47 Å². The molecule has 0 heterocycles. The Bertz CT molecular complexity index is 805. The molecule has 0 aliphatic heterocycles. The van der Waals surface area contributed by atoms with Gasteiger partial charge in [-0.25, -0.2) is 0 Å². The zero-order valence-corrected chi connectivity index (χ0v) is 14.8. The number of benzene rings is 2. The summed E-state index contributed by atoms with van der Waals surface area (Å²) in [5, 5.41) is 0. The van der Waals surface area contributed by atoms with Crippen molar-refractivity contribution in [3.05, 3.63) is 65.7 Å². The van der Waals surface area contributed by atoms with Crippen LogP contribution in [0.3, 0.4) is 0 Å². The molecule has 0 atom stereocenters. The van der Waals surface area contributed by atoms with Gasteiger partial charge in [0.25, 0.3) is 0 Å². The summed E-state index contributed by atoms with van der Waals surface area (Å²) in [6, 6.07) is 13.0. The molecule has 2 rings (SSSR count). The van der Waals surface area contributed by atoms with E-state index in [4.69, 9.17) is 9.47 Å². The third-order valence-electron chi connectivity index (χ3n) is 3.83. The highest BCUT2D eigenvalue weighted by Gasteiger charge is 2.12. The molecule has 2 aromatic rings. The van der Waals surface area contributed by atoms with Gasteiger partial charge in [-0.05, 0) is 36.6 Å². The Kier molecular flexibility index (Phi) is 6.12. The van der Waals surface area contributed by atoms with E-state index < -0.39 is 5.97 Å². The van der Waals surface area contributed by atoms with E-state index in [9.17, 15) is 9.59 Å². The Morgan fingerprint density at radius 2 is 1.84 bits per heavy atom. The summed E-state index contributed by atoms with van der Waals surface area (Å²) >= 11 is 0. The molecule has 0 radical (unpaired) electrons. The van der Waals surface area contributed by atoms with Gasteiger partial charge in [-0.2, -0.15) is 0 Å². The zero-order chi connectivity index (χ0) is 18.4. The van der Waals surface area contributed by atoms with Crippen LogP contribution in [0, 0.1) is 6.92 Å². The number of carbonyl (C=O) groups excluding carboxylic acids is 2. The van der Waals surface area contributed by atoms with Gasteiger partial charge in [0.05, 0.1) is 7.11 Å². The first-order valence-electron chi connectivity index (χ1n) is 8.05. The van der Waals surface area contributed by atoms with Crippen molar-refractivity contribution in [2.45, 2.75) is 26.7 Å². The molecular formula is C21H22O4. The van der Waals surface area contributed by atoms with E-state index in [0.717, 1.165) is 16.7 Å². The Morgan fingerprint density at radius 3 is 2.48 bits per heavy atom. The van der Waals surface area contributed by atoms with E-state index in [1.165, 1.54) is 14.0 Å². The highest BCUT2D eigenvalue weighted by atomic mass is 16.6. The van der Waals surface area contributed by atoms with E-state index in [1.54, 1.807) is 12.1 Å². The van der Waals surface area contributed by atoms with Crippen LogP contribution in [0.2, 0.25) is 0 Å². The number of esters is 1. The van der Waals surface area contributed by atoms with Crippen LogP contribution in [-0.4, -0.2) is 18.9 Å². The number of aryl methyl sites for hydroxylation is 2. The van der Waals surface area contributed by atoms with E-state index in [-0.39, 0.29) is 5.78 Å². The van der Waals surface area contributed by atoms with Crippen LogP contribution in [0.1, 0.15) is 30.0 Å². The van der Waals surface area contributed by atoms with Crippen LogP contribution < -0.4 is 9.47 Å². The molecule has 0 N–H and O–H groups in total. The second kappa shape index (κ2) is 8.29. The van der Waals surface area contributed by atoms with E-state index >= 15 is 0 Å². The zero-order valence-electron chi connectivity index (χ0n) is 14.8. The normalized spacial score (nSPS) is 10.2. The van der Waals surface area contributed by atoms with Gasteiger partial charge in [-0.1, -0.05) is 42.5 Å². The first-order chi connectivity index (χ1) is 11.9. The van der Waals surface area contributed by atoms with Crippen molar-refractivity contribution in [3.8, 4) is 11.5 Å². The first-order valence-corrected chi connectivity index (χ1v) is 8.05. The second-order valence-electron chi connectivity index (χ2n) is 5.85. The molecular weight excluding hydrogens is 316 g/mol. The monoisotopic (exact) mass is 338 g/mol. The number of Topliss-reactive ketones (excluding diaryl/α,β-unsaturated/α-hetero) is 1. The maximum absolute atomic E-state index is 12.4. The molecule has 0 aliphatic carbocycles. The second-order valence-corrected chi connectivity index (χ2v) is 5.85. The minimum Gasteiger partial charge on any atom is -0.493 e. The minimum absolute atomic E-state index is 0.00421. The molecule has 130 valence electrons. The fraction of sp³-hybridized carbons (Fsp3) is 0.238. The van der Waals surface area contributed by atoms with Gasteiger partial charge in [-0.15, -0.1) is 0 Å². The third kappa shape index (κ3) is 5.05. The summed E-state index contributed by atoms with van der Waals surface area (Å²) in [6.45, 7) is 7.24. The van der Waals surface area contributed by atoms with Gasteiger partial charge in [0.1, 0.15) is 0 Å². The standard InChI is InChI=1S/C21H22O4/c1-14-6-5-7-18(12-14)15(2)19(23)10-8-17-9-11-20(24-4)21(13-17)25-16(3)22/h5-7,9,11-13H,2,8,10H2,1,3-4H3. The van der Waals surface area contributed by atoms with Crippen molar-refractivity contribution in [3.63, 3.8) is 0 Å². The Hall–Kier alpha value is -2.88. The van der Waals surface area contributed by atoms with Crippen molar-refractivity contribution >= 4 is 17.3 Å². The highest BCUT2D eigenvalue weighted by molar-refractivity contribution is 6.20. The van der Waals surface area contributed by atoms with Crippen LogP contribution >= 0.6 is 0 Å². The van der Waals surface area contributed by atoms with Crippen LogP contribution in [0.25, 0.3) is 5.57 Å². The largest absolute Gasteiger partial charge is 0.493 e. The molecule has 2 aromatic carbocycles. The molecule has 0 saturated heterocycles. The molecule has 0 unspecified atom stereocenters. The summed E-state index contributed by atoms with van der Waals surface area (Å²) in [7, 11) is 1.51. The van der Waals surface area contributed by atoms with Crippen molar-refractivity contribution in [2.24, 2.45) is 0 Å². The molecule has 0 bridgehead atoms. The predicted octanol–water partition coefficient (Wildman–Crippen LogP) is 4.14. The minimum atomic E-state index is -0.417. The molecule has 0 saturated carbocycles. The fourth-order valence-corrected chi connectivity index (χ4v) is 2.51. The summed E-state index contributed by atoms with van der Waals surface area (Å²) in [4.78, 5) is 23.6.